The predicted octanol–water partition coefficient (Wildman–Crippen LogP) is 4.34. The van der Waals surface area contributed by atoms with Gasteiger partial charge in [-0.25, -0.2) is 0 Å². The lowest BCUT2D eigenvalue weighted by molar-refractivity contribution is 0.218. The zero-order chi connectivity index (χ0) is 14.8. The van der Waals surface area contributed by atoms with Crippen LogP contribution in [0.25, 0.3) is 0 Å². The van der Waals surface area contributed by atoms with Crippen molar-refractivity contribution in [3.8, 4) is 5.75 Å². The largest absolute Gasteiger partial charge is 0.493 e. The SMILES string of the molecule is CC(CC(N)CC1CCOc2ccccc21)C(C)(C)C. The molecule has 0 spiro atoms. The van der Waals surface area contributed by atoms with Crippen molar-refractivity contribution in [2.75, 3.05) is 6.61 Å². The zero-order valence-corrected chi connectivity index (χ0v) is 13.4. The molecule has 20 heavy (non-hydrogen) atoms. The first-order valence-corrected chi connectivity index (χ1v) is 7.85. The number of ether oxygens (including phenoxy) is 1. The van der Waals surface area contributed by atoms with Crippen molar-refractivity contribution in [1.29, 1.82) is 0 Å². The van der Waals surface area contributed by atoms with E-state index in [0.717, 1.165) is 31.6 Å². The highest BCUT2D eigenvalue weighted by Crippen LogP contribution is 2.37. The van der Waals surface area contributed by atoms with Crippen molar-refractivity contribution in [3.63, 3.8) is 0 Å². The van der Waals surface area contributed by atoms with Crippen molar-refractivity contribution < 1.29 is 4.74 Å². The molecule has 2 rings (SSSR count). The Morgan fingerprint density at radius 2 is 2.00 bits per heavy atom. The minimum absolute atomic E-state index is 0.278. The van der Waals surface area contributed by atoms with E-state index in [9.17, 15) is 0 Å². The second-order valence-electron chi connectivity index (χ2n) is 7.37. The molecule has 0 amide bonds. The normalized spacial score (nSPS) is 21.8. The Hall–Kier alpha value is -1.02. The van der Waals surface area contributed by atoms with E-state index in [4.69, 9.17) is 10.5 Å². The molecule has 1 heterocycles. The highest BCUT2D eigenvalue weighted by atomic mass is 16.5. The molecule has 3 unspecified atom stereocenters. The summed E-state index contributed by atoms with van der Waals surface area (Å²) in [5.74, 6) is 2.26. The van der Waals surface area contributed by atoms with Crippen LogP contribution in [0.5, 0.6) is 5.75 Å². The van der Waals surface area contributed by atoms with Crippen LogP contribution in [-0.2, 0) is 0 Å². The van der Waals surface area contributed by atoms with Crippen LogP contribution in [-0.4, -0.2) is 12.6 Å². The van der Waals surface area contributed by atoms with Crippen LogP contribution in [0.15, 0.2) is 24.3 Å². The van der Waals surface area contributed by atoms with Gasteiger partial charge in [-0.1, -0.05) is 45.9 Å². The van der Waals surface area contributed by atoms with Crippen molar-refractivity contribution >= 4 is 0 Å². The second-order valence-corrected chi connectivity index (χ2v) is 7.37. The highest BCUT2D eigenvalue weighted by molar-refractivity contribution is 5.37. The van der Waals surface area contributed by atoms with Crippen LogP contribution in [0.2, 0.25) is 0 Å². The van der Waals surface area contributed by atoms with E-state index in [-0.39, 0.29) is 6.04 Å². The van der Waals surface area contributed by atoms with Gasteiger partial charge in [-0.3, -0.25) is 0 Å². The summed E-state index contributed by atoms with van der Waals surface area (Å²) in [5.41, 5.74) is 8.10. The Balaban J connectivity index is 1.97. The third kappa shape index (κ3) is 3.76. The van der Waals surface area contributed by atoms with Crippen molar-refractivity contribution in [2.45, 2.75) is 58.9 Å². The third-order valence-corrected chi connectivity index (χ3v) is 4.80. The van der Waals surface area contributed by atoms with Gasteiger partial charge in [0.05, 0.1) is 6.61 Å². The average molecular weight is 275 g/mol. The van der Waals surface area contributed by atoms with Gasteiger partial charge in [0.15, 0.2) is 0 Å². The molecule has 2 nitrogen and oxygen atoms in total. The summed E-state index contributed by atoms with van der Waals surface area (Å²) in [7, 11) is 0. The first kappa shape index (κ1) is 15.4. The molecular weight excluding hydrogens is 246 g/mol. The van der Waals surface area contributed by atoms with Gasteiger partial charge in [0, 0.05) is 6.04 Å². The van der Waals surface area contributed by atoms with E-state index in [1.54, 1.807) is 0 Å². The molecule has 0 aromatic heterocycles. The minimum Gasteiger partial charge on any atom is -0.493 e. The van der Waals surface area contributed by atoms with Gasteiger partial charge in [-0.2, -0.15) is 0 Å². The average Bonchev–Trinajstić information content (AvgIpc) is 2.38. The van der Waals surface area contributed by atoms with E-state index in [1.165, 1.54) is 5.56 Å². The smallest absolute Gasteiger partial charge is 0.122 e. The predicted molar refractivity (Wildman–Crippen MR) is 85.1 cm³/mol. The quantitative estimate of drug-likeness (QED) is 0.887. The van der Waals surface area contributed by atoms with Crippen LogP contribution in [0.1, 0.15) is 58.4 Å². The first-order chi connectivity index (χ1) is 9.38. The van der Waals surface area contributed by atoms with Crippen molar-refractivity contribution in [3.05, 3.63) is 29.8 Å². The molecule has 1 aromatic rings. The van der Waals surface area contributed by atoms with Crippen molar-refractivity contribution in [1.82, 2.24) is 0 Å². The molecule has 1 aliphatic heterocycles. The van der Waals surface area contributed by atoms with E-state index < -0.39 is 0 Å². The lowest BCUT2D eigenvalue weighted by atomic mass is 9.76. The molecule has 3 atom stereocenters. The first-order valence-electron chi connectivity index (χ1n) is 7.85. The summed E-state index contributed by atoms with van der Waals surface area (Å²) >= 11 is 0. The lowest BCUT2D eigenvalue weighted by Crippen LogP contribution is -2.31. The Morgan fingerprint density at radius 1 is 1.30 bits per heavy atom. The van der Waals surface area contributed by atoms with E-state index in [2.05, 4.69) is 45.9 Å². The third-order valence-electron chi connectivity index (χ3n) is 4.80. The van der Waals surface area contributed by atoms with Gasteiger partial charge in [0.2, 0.25) is 0 Å². The van der Waals surface area contributed by atoms with E-state index >= 15 is 0 Å². The fourth-order valence-electron chi connectivity index (χ4n) is 2.93. The van der Waals surface area contributed by atoms with Crippen LogP contribution in [0.3, 0.4) is 0 Å². The fraction of sp³-hybridized carbons (Fsp3) is 0.667. The molecule has 0 radical (unpaired) electrons. The van der Waals surface area contributed by atoms with Crippen LogP contribution < -0.4 is 10.5 Å². The molecule has 0 fully saturated rings. The minimum atomic E-state index is 0.278. The number of nitrogens with two attached hydrogens (primary N) is 1. The Labute approximate surface area is 123 Å². The summed E-state index contributed by atoms with van der Waals surface area (Å²) in [4.78, 5) is 0. The topological polar surface area (TPSA) is 35.2 Å². The van der Waals surface area contributed by atoms with Gasteiger partial charge in [-0.05, 0) is 48.1 Å². The monoisotopic (exact) mass is 275 g/mol. The molecule has 0 saturated carbocycles. The van der Waals surface area contributed by atoms with E-state index in [1.807, 2.05) is 6.07 Å². The molecule has 2 heteroatoms. The molecular formula is C18H29NO. The number of hydrogen-bond acceptors (Lipinski definition) is 2. The highest BCUT2D eigenvalue weighted by Gasteiger charge is 2.26. The Kier molecular flexibility index (Phi) is 4.74. The Bertz CT molecular complexity index is 435. The molecule has 1 aliphatic rings. The number of fused-ring (bicyclic) bond motifs is 1. The summed E-state index contributed by atoms with van der Waals surface area (Å²) < 4.78 is 5.73. The number of hydrogen-bond donors (Lipinski definition) is 1. The number of benzene rings is 1. The van der Waals surface area contributed by atoms with E-state index in [0.29, 0.717) is 17.3 Å². The Morgan fingerprint density at radius 3 is 2.70 bits per heavy atom. The molecule has 1 aromatic carbocycles. The molecule has 0 aliphatic carbocycles. The molecule has 112 valence electrons. The second kappa shape index (κ2) is 6.17. The zero-order valence-electron chi connectivity index (χ0n) is 13.4. The molecule has 2 N–H and O–H groups in total. The summed E-state index contributed by atoms with van der Waals surface area (Å²) in [6.07, 6.45) is 3.26. The number of para-hydroxylation sites is 1. The van der Waals surface area contributed by atoms with Gasteiger partial charge < -0.3 is 10.5 Å². The van der Waals surface area contributed by atoms with Gasteiger partial charge in [0.25, 0.3) is 0 Å². The maximum absolute atomic E-state index is 6.42. The maximum Gasteiger partial charge on any atom is 0.122 e. The summed E-state index contributed by atoms with van der Waals surface area (Å²) in [6.45, 7) is 10.0. The van der Waals surface area contributed by atoms with Gasteiger partial charge >= 0.3 is 0 Å². The summed E-state index contributed by atoms with van der Waals surface area (Å²) in [6, 6.07) is 8.69. The maximum atomic E-state index is 6.42. The lowest BCUT2D eigenvalue weighted by Gasteiger charge is -2.32. The molecule has 0 bridgehead atoms. The van der Waals surface area contributed by atoms with Gasteiger partial charge in [0.1, 0.15) is 5.75 Å². The number of rotatable bonds is 4. The standard InChI is InChI=1S/C18H29NO/c1-13(18(2,3)4)11-15(19)12-14-9-10-20-17-8-6-5-7-16(14)17/h5-8,13-15H,9-12,19H2,1-4H3. The molecule has 0 saturated heterocycles. The van der Waals surface area contributed by atoms with Crippen molar-refractivity contribution in [2.24, 2.45) is 17.1 Å². The van der Waals surface area contributed by atoms with Crippen LogP contribution >= 0.6 is 0 Å². The fourth-order valence-corrected chi connectivity index (χ4v) is 2.93. The van der Waals surface area contributed by atoms with Crippen LogP contribution in [0, 0.1) is 11.3 Å². The summed E-state index contributed by atoms with van der Waals surface area (Å²) in [5, 5.41) is 0. The van der Waals surface area contributed by atoms with Crippen LogP contribution in [0.4, 0.5) is 0 Å². The van der Waals surface area contributed by atoms with Gasteiger partial charge in [-0.15, -0.1) is 0 Å².